The van der Waals surface area contributed by atoms with Crippen molar-refractivity contribution in [3.8, 4) is 0 Å². The fourth-order valence-electron chi connectivity index (χ4n) is 0.723. The molecule has 0 aromatic rings. The zero-order valence-corrected chi connectivity index (χ0v) is 5.93. The molecule has 0 unspecified atom stereocenters. The van der Waals surface area contributed by atoms with Gasteiger partial charge in [0.1, 0.15) is 0 Å². The Morgan fingerprint density at radius 1 is 1.44 bits per heavy atom. The first kappa shape index (κ1) is 6.63. The van der Waals surface area contributed by atoms with Gasteiger partial charge < -0.3 is 0 Å². The maximum absolute atomic E-state index is 5.61. The van der Waals surface area contributed by atoms with Crippen LogP contribution in [-0.4, -0.2) is 5.88 Å². The second-order valence-electron chi connectivity index (χ2n) is 1.94. The summed E-state index contributed by atoms with van der Waals surface area (Å²) in [4.78, 5) is 0. The van der Waals surface area contributed by atoms with E-state index in [9.17, 15) is 0 Å². The molecule has 0 N–H and O–H groups in total. The molecule has 0 fully saturated rings. The lowest BCUT2D eigenvalue weighted by atomic mass is 10.2. The summed E-state index contributed by atoms with van der Waals surface area (Å²) in [6.07, 6.45) is 11.3. The van der Waals surface area contributed by atoms with Crippen molar-refractivity contribution in [3.05, 3.63) is 36.0 Å². The minimum Gasteiger partial charge on any atom is -0.122 e. The van der Waals surface area contributed by atoms with Crippen LogP contribution in [0.15, 0.2) is 36.0 Å². The molecule has 0 heterocycles. The van der Waals surface area contributed by atoms with Crippen LogP contribution in [0.5, 0.6) is 0 Å². The predicted molar refractivity (Wildman–Crippen MR) is 41.7 cm³/mol. The molecule has 0 amide bonds. The summed E-state index contributed by atoms with van der Waals surface area (Å²) in [6, 6.07) is 0. The molecular weight excluding hydrogens is 132 g/mol. The van der Waals surface area contributed by atoms with Crippen molar-refractivity contribution in [3.63, 3.8) is 0 Å². The Morgan fingerprint density at radius 2 is 2.33 bits per heavy atom. The zero-order chi connectivity index (χ0) is 6.53. The highest BCUT2D eigenvalue weighted by atomic mass is 35.5. The Morgan fingerprint density at radius 3 is 3.11 bits per heavy atom. The summed E-state index contributed by atoms with van der Waals surface area (Å²) in [5.41, 5.74) is 1.21. The van der Waals surface area contributed by atoms with Gasteiger partial charge in [0.05, 0.1) is 0 Å². The Bertz CT molecular complexity index is 163. The lowest BCUT2D eigenvalue weighted by Gasteiger charge is -1.89. The smallest absolute Gasteiger partial charge is 0.0471 e. The van der Waals surface area contributed by atoms with Crippen LogP contribution in [0.3, 0.4) is 0 Å². The van der Waals surface area contributed by atoms with Gasteiger partial charge in [0.2, 0.25) is 0 Å². The highest BCUT2D eigenvalue weighted by Crippen LogP contribution is 2.05. The quantitative estimate of drug-likeness (QED) is 0.492. The van der Waals surface area contributed by atoms with E-state index in [2.05, 4.69) is 12.2 Å². The van der Waals surface area contributed by atoms with Crippen LogP contribution in [0.2, 0.25) is 0 Å². The van der Waals surface area contributed by atoms with Crippen molar-refractivity contribution < 1.29 is 0 Å². The van der Waals surface area contributed by atoms with Crippen LogP contribution in [0.1, 0.15) is 6.42 Å². The van der Waals surface area contributed by atoms with Crippen LogP contribution in [0, 0.1) is 0 Å². The molecule has 1 aliphatic rings. The van der Waals surface area contributed by atoms with Gasteiger partial charge in [0, 0.05) is 5.88 Å². The van der Waals surface area contributed by atoms with E-state index >= 15 is 0 Å². The zero-order valence-electron chi connectivity index (χ0n) is 5.18. The van der Waals surface area contributed by atoms with E-state index in [1.165, 1.54) is 5.57 Å². The summed E-state index contributed by atoms with van der Waals surface area (Å²) in [7, 11) is 0. The molecule has 0 nitrogen and oxygen atoms in total. The molecule has 0 saturated carbocycles. The Labute approximate surface area is 60.5 Å². The van der Waals surface area contributed by atoms with E-state index in [1.54, 1.807) is 0 Å². The number of alkyl halides is 1. The molecule has 0 atom stereocenters. The monoisotopic (exact) mass is 140 g/mol. The Balaban J connectivity index is 2.63. The highest BCUT2D eigenvalue weighted by Gasteiger charge is 1.88. The minimum absolute atomic E-state index is 0.623. The highest BCUT2D eigenvalue weighted by molar-refractivity contribution is 6.19. The van der Waals surface area contributed by atoms with Crippen molar-refractivity contribution >= 4 is 11.6 Å². The Kier molecular flexibility index (Phi) is 2.59. The number of hydrogen-bond donors (Lipinski definition) is 0. The van der Waals surface area contributed by atoms with Gasteiger partial charge in [-0.2, -0.15) is 0 Å². The van der Waals surface area contributed by atoms with E-state index in [1.807, 2.05) is 18.2 Å². The predicted octanol–water partition coefficient (Wildman–Crippen LogP) is 2.67. The molecule has 9 heavy (non-hydrogen) atoms. The first-order valence-electron chi connectivity index (χ1n) is 3.01. The molecule has 0 spiro atoms. The molecular formula is C8H9Cl. The lowest BCUT2D eigenvalue weighted by molar-refractivity contribution is 1.35. The van der Waals surface area contributed by atoms with Gasteiger partial charge in [-0.25, -0.2) is 0 Å². The molecule has 0 aromatic heterocycles. The maximum atomic E-state index is 5.61. The van der Waals surface area contributed by atoms with Crippen LogP contribution < -0.4 is 0 Å². The molecule has 0 aliphatic heterocycles. The third-order valence-corrected chi connectivity index (χ3v) is 1.54. The van der Waals surface area contributed by atoms with Crippen LogP contribution in [0.25, 0.3) is 0 Å². The van der Waals surface area contributed by atoms with Crippen molar-refractivity contribution in [2.45, 2.75) is 6.42 Å². The topological polar surface area (TPSA) is 0 Å². The average molecular weight is 141 g/mol. The van der Waals surface area contributed by atoms with Crippen LogP contribution in [0.4, 0.5) is 0 Å². The maximum Gasteiger partial charge on any atom is 0.0471 e. The molecule has 1 heteroatoms. The third kappa shape index (κ3) is 2.06. The lowest BCUT2D eigenvalue weighted by Crippen LogP contribution is -1.75. The van der Waals surface area contributed by atoms with Crippen molar-refractivity contribution in [1.82, 2.24) is 0 Å². The molecule has 0 saturated heterocycles. The van der Waals surface area contributed by atoms with Crippen LogP contribution in [-0.2, 0) is 0 Å². The van der Waals surface area contributed by atoms with Gasteiger partial charge >= 0.3 is 0 Å². The number of halogens is 1. The van der Waals surface area contributed by atoms with E-state index in [0.717, 1.165) is 6.42 Å². The Hall–Kier alpha value is -0.490. The van der Waals surface area contributed by atoms with Gasteiger partial charge in [-0.1, -0.05) is 30.4 Å². The average Bonchev–Trinajstić information content (AvgIpc) is 2.13. The third-order valence-electron chi connectivity index (χ3n) is 1.23. The molecule has 0 radical (unpaired) electrons. The van der Waals surface area contributed by atoms with E-state index in [4.69, 9.17) is 11.6 Å². The van der Waals surface area contributed by atoms with Crippen LogP contribution >= 0.6 is 11.6 Å². The van der Waals surface area contributed by atoms with Crippen molar-refractivity contribution in [2.24, 2.45) is 0 Å². The van der Waals surface area contributed by atoms with E-state index in [-0.39, 0.29) is 0 Å². The first-order chi connectivity index (χ1) is 4.43. The minimum atomic E-state index is 0.623. The summed E-state index contributed by atoms with van der Waals surface area (Å²) in [5, 5.41) is 0. The molecule has 1 aliphatic carbocycles. The summed E-state index contributed by atoms with van der Waals surface area (Å²) in [5.74, 6) is 0.623. The normalized spacial score (nSPS) is 17.2. The van der Waals surface area contributed by atoms with Gasteiger partial charge in [-0.15, -0.1) is 11.6 Å². The summed E-state index contributed by atoms with van der Waals surface area (Å²) >= 11 is 5.61. The number of hydrogen-bond acceptors (Lipinski definition) is 0. The first-order valence-corrected chi connectivity index (χ1v) is 3.55. The largest absolute Gasteiger partial charge is 0.122 e. The van der Waals surface area contributed by atoms with Gasteiger partial charge in [0.15, 0.2) is 0 Å². The number of allylic oxidation sites excluding steroid dienone is 6. The SMILES string of the molecule is ClCC1=CCC=CC=C1. The van der Waals surface area contributed by atoms with Gasteiger partial charge in [-0.3, -0.25) is 0 Å². The van der Waals surface area contributed by atoms with E-state index < -0.39 is 0 Å². The fraction of sp³-hybridized carbons (Fsp3) is 0.250. The molecule has 1 rings (SSSR count). The van der Waals surface area contributed by atoms with Crippen molar-refractivity contribution in [1.29, 1.82) is 0 Å². The van der Waals surface area contributed by atoms with Gasteiger partial charge in [0.25, 0.3) is 0 Å². The molecule has 0 aromatic carbocycles. The van der Waals surface area contributed by atoms with Crippen molar-refractivity contribution in [2.75, 3.05) is 5.88 Å². The number of rotatable bonds is 1. The van der Waals surface area contributed by atoms with Gasteiger partial charge in [-0.05, 0) is 12.0 Å². The fourth-order valence-corrected chi connectivity index (χ4v) is 0.921. The molecule has 0 bridgehead atoms. The summed E-state index contributed by atoms with van der Waals surface area (Å²) in [6.45, 7) is 0. The molecule has 48 valence electrons. The second kappa shape index (κ2) is 3.52. The second-order valence-corrected chi connectivity index (χ2v) is 2.20. The van der Waals surface area contributed by atoms with E-state index in [0.29, 0.717) is 5.88 Å². The standard InChI is InChI=1S/C8H9Cl/c9-7-8-5-3-1-2-4-6-8/h1-3,5-6H,4,7H2. The summed E-state index contributed by atoms with van der Waals surface area (Å²) < 4.78 is 0.